The van der Waals surface area contributed by atoms with Crippen molar-refractivity contribution in [2.45, 2.75) is 46.2 Å². The second kappa shape index (κ2) is 9.08. The maximum absolute atomic E-state index is 14.3. The van der Waals surface area contributed by atoms with Crippen LogP contribution in [0.25, 0.3) is 22.6 Å². The fourth-order valence-electron chi connectivity index (χ4n) is 3.99. The van der Waals surface area contributed by atoms with Crippen LogP contribution in [-0.4, -0.2) is 60.8 Å². The first-order valence-electron chi connectivity index (χ1n) is 10.9. The summed E-state index contributed by atoms with van der Waals surface area (Å²) >= 11 is 0. The molecule has 0 spiro atoms. The van der Waals surface area contributed by atoms with Gasteiger partial charge in [-0.2, -0.15) is 0 Å². The first-order valence-corrected chi connectivity index (χ1v) is 10.9. The number of piperidine rings is 1. The lowest BCUT2D eigenvalue weighted by Crippen LogP contribution is -2.49. The molecule has 0 aromatic carbocycles. The van der Waals surface area contributed by atoms with E-state index in [0.29, 0.717) is 59.6 Å². The van der Waals surface area contributed by atoms with Gasteiger partial charge in [0.25, 0.3) is 0 Å². The molecule has 3 aromatic rings. The number of imidazole rings is 1. The van der Waals surface area contributed by atoms with E-state index in [-0.39, 0.29) is 17.8 Å². The number of hydrogen-bond donors (Lipinski definition) is 3. The van der Waals surface area contributed by atoms with E-state index in [4.69, 9.17) is 20.5 Å². The second-order valence-electron chi connectivity index (χ2n) is 8.27. The molecule has 33 heavy (non-hydrogen) atoms. The third-order valence-electron chi connectivity index (χ3n) is 5.74. The van der Waals surface area contributed by atoms with Crippen molar-refractivity contribution in [1.29, 1.82) is 10.8 Å². The Labute approximate surface area is 191 Å². The molecule has 3 N–H and O–H groups in total. The van der Waals surface area contributed by atoms with Crippen LogP contribution in [-0.2, 0) is 6.54 Å². The third kappa shape index (κ3) is 4.22. The second-order valence-corrected chi connectivity index (χ2v) is 8.27. The van der Waals surface area contributed by atoms with Crippen LogP contribution in [0.3, 0.4) is 0 Å². The number of methoxy groups -OCH3 is 1. The summed E-state index contributed by atoms with van der Waals surface area (Å²) in [5.74, 6) is 1.42. The molecule has 1 aliphatic heterocycles. The molecule has 3 aromatic heterocycles. The molecule has 0 radical (unpaired) electrons. The van der Waals surface area contributed by atoms with Gasteiger partial charge in [0.15, 0.2) is 22.8 Å². The average Bonchev–Trinajstić information content (AvgIpc) is 3.19. The zero-order valence-electron chi connectivity index (χ0n) is 19.2. The van der Waals surface area contributed by atoms with Crippen LogP contribution < -0.4 is 10.1 Å². The largest absolute Gasteiger partial charge is 0.479 e. The van der Waals surface area contributed by atoms with Crippen LogP contribution in [0.15, 0.2) is 18.6 Å². The highest BCUT2D eigenvalue weighted by Crippen LogP contribution is 2.29. The number of ether oxygens (including phenoxy) is 1. The van der Waals surface area contributed by atoms with E-state index >= 15 is 0 Å². The Kier molecular flexibility index (Phi) is 6.21. The number of anilines is 1. The average molecular weight is 454 g/mol. The fourth-order valence-corrected chi connectivity index (χ4v) is 3.99. The predicted molar refractivity (Wildman–Crippen MR) is 124 cm³/mol. The summed E-state index contributed by atoms with van der Waals surface area (Å²) in [6, 6.07) is 1.34. The zero-order valence-corrected chi connectivity index (χ0v) is 19.2. The van der Waals surface area contributed by atoms with Crippen LogP contribution >= 0.6 is 0 Å². The van der Waals surface area contributed by atoms with Gasteiger partial charge in [-0.05, 0) is 19.4 Å². The molecule has 1 saturated heterocycles. The van der Waals surface area contributed by atoms with Crippen molar-refractivity contribution in [2.75, 3.05) is 19.0 Å². The summed E-state index contributed by atoms with van der Waals surface area (Å²) < 4.78 is 21.1. The minimum Gasteiger partial charge on any atom is -0.479 e. The number of fused-ring (bicyclic) bond motifs is 1. The number of amidine groups is 2. The molecule has 0 aliphatic carbocycles. The number of likely N-dealkylation sites (tertiary alicyclic amines) is 1. The highest BCUT2D eigenvalue weighted by atomic mass is 19.1. The Bertz CT molecular complexity index is 1210. The summed E-state index contributed by atoms with van der Waals surface area (Å²) in [6.07, 6.45) is 4.33. The lowest BCUT2D eigenvalue weighted by Gasteiger charge is -2.36. The zero-order chi connectivity index (χ0) is 23.7. The number of halogens is 1. The van der Waals surface area contributed by atoms with Gasteiger partial charge in [-0.25, -0.2) is 24.3 Å². The number of hydrogen-bond acceptors (Lipinski definition) is 8. The highest BCUT2D eigenvalue weighted by Gasteiger charge is 2.28. The van der Waals surface area contributed by atoms with Gasteiger partial charge in [-0.15, -0.1) is 0 Å². The minimum atomic E-state index is -0.563. The Hall–Kier alpha value is -3.63. The molecular formula is C22H28FN9O. The standard InChI is InChI=1S/C22H28FN9O/c1-5-31-20(13-8-15(23)22(33-4)26-9-13)30-17-19(27-11-28-21(17)31)29-14-6-7-16(24)32(10-14)18(25)12(2)3/h8-9,11-12,14,24-25H,5-7,10H2,1-4H3,(H,27,28,29). The van der Waals surface area contributed by atoms with Crippen molar-refractivity contribution in [3.05, 3.63) is 24.4 Å². The Balaban J connectivity index is 1.68. The van der Waals surface area contributed by atoms with Crippen molar-refractivity contribution in [2.24, 2.45) is 5.92 Å². The van der Waals surface area contributed by atoms with E-state index in [1.54, 1.807) is 4.90 Å². The van der Waals surface area contributed by atoms with Crippen LogP contribution in [0.4, 0.5) is 10.2 Å². The summed E-state index contributed by atoms with van der Waals surface area (Å²) in [6.45, 7) is 6.97. The van der Waals surface area contributed by atoms with Crippen LogP contribution in [0.1, 0.15) is 33.6 Å². The third-order valence-corrected chi connectivity index (χ3v) is 5.74. The van der Waals surface area contributed by atoms with Crippen molar-refractivity contribution >= 4 is 28.7 Å². The van der Waals surface area contributed by atoms with Gasteiger partial charge in [0.05, 0.1) is 7.11 Å². The van der Waals surface area contributed by atoms with Crippen molar-refractivity contribution < 1.29 is 9.13 Å². The lowest BCUT2D eigenvalue weighted by atomic mass is 10.0. The van der Waals surface area contributed by atoms with Crippen molar-refractivity contribution in [1.82, 2.24) is 29.4 Å². The molecule has 0 saturated carbocycles. The molecule has 174 valence electrons. The molecule has 4 rings (SSSR count). The van der Waals surface area contributed by atoms with E-state index < -0.39 is 5.82 Å². The number of aromatic nitrogens is 5. The highest BCUT2D eigenvalue weighted by molar-refractivity contribution is 5.99. The molecule has 10 nitrogen and oxygen atoms in total. The van der Waals surface area contributed by atoms with Gasteiger partial charge in [0.2, 0.25) is 5.88 Å². The molecular weight excluding hydrogens is 425 g/mol. The number of nitrogens with zero attached hydrogens (tertiary/aromatic N) is 6. The van der Waals surface area contributed by atoms with Gasteiger partial charge >= 0.3 is 0 Å². The first-order chi connectivity index (χ1) is 15.8. The Morgan fingerprint density at radius 2 is 2.12 bits per heavy atom. The van der Waals surface area contributed by atoms with Gasteiger partial charge < -0.3 is 19.5 Å². The first kappa shape index (κ1) is 22.6. The maximum atomic E-state index is 14.3. The Morgan fingerprint density at radius 3 is 2.79 bits per heavy atom. The lowest BCUT2D eigenvalue weighted by molar-refractivity contribution is 0.369. The van der Waals surface area contributed by atoms with Gasteiger partial charge in [-0.1, -0.05) is 13.8 Å². The monoisotopic (exact) mass is 453 g/mol. The van der Waals surface area contributed by atoms with Crippen molar-refractivity contribution in [3.63, 3.8) is 0 Å². The molecule has 1 aliphatic rings. The fraction of sp³-hybridized carbons (Fsp3) is 0.455. The summed E-state index contributed by atoms with van der Waals surface area (Å²) in [5, 5.41) is 20.0. The summed E-state index contributed by atoms with van der Waals surface area (Å²) in [4.78, 5) is 19.4. The number of pyridine rings is 1. The van der Waals surface area contributed by atoms with Gasteiger partial charge in [0, 0.05) is 43.2 Å². The smallest absolute Gasteiger partial charge is 0.250 e. The van der Waals surface area contributed by atoms with Crippen LogP contribution in [0.5, 0.6) is 5.88 Å². The molecule has 0 amide bonds. The number of rotatable bonds is 6. The van der Waals surface area contributed by atoms with E-state index in [2.05, 4.69) is 20.3 Å². The molecule has 0 bridgehead atoms. The number of nitrogens with one attached hydrogen (secondary N) is 3. The van der Waals surface area contributed by atoms with E-state index in [0.717, 1.165) is 6.42 Å². The molecule has 1 unspecified atom stereocenters. The summed E-state index contributed by atoms with van der Waals surface area (Å²) in [7, 11) is 1.37. The molecule has 4 heterocycles. The van der Waals surface area contributed by atoms with E-state index in [1.165, 1.54) is 25.7 Å². The maximum Gasteiger partial charge on any atom is 0.250 e. The predicted octanol–water partition coefficient (Wildman–Crippen LogP) is 3.54. The number of aryl methyl sites for hydroxylation is 1. The van der Waals surface area contributed by atoms with Crippen LogP contribution in [0, 0.1) is 22.6 Å². The minimum absolute atomic E-state index is 0.00776. The van der Waals surface area contributed by atoms with Crippen molar-refractivity contribution in [3.8, 4) is 17.3 Å². The molecule has 1 atom stereocenters. The normalized spacial score (nSPS) is 16.5. The quantitative estimate of drug-likeness (QED) is 0.384. The van der Waals surface area contributed by atoms with Crippen LogP contribution in [0.2, 0.25) is 0 Å². The Morgan fingerprint density at radius 1 is 1.33 bits per heavy atom. The molecule has 1 fully saturated rings. The van der Waals surface area contributed by atoms with E-state index in [1.807, 2.05) is 25.3 Å². The van der Waals surface area contributed by atoms with E-state index in [9.17, 15) is 4.39 Å². The van der Waals surface area contributed by atoms with Gasteiger partial charge in [-0.3, -0.25) is 10.8 Å². The van der Waals surface area contributed by atoms with Gasteiger partial charge in [0.1, 0.15) is 23.8 Å². The SMILES string of the molecule is CCn1c(-c2cnc(OC)c(F)c2)nc2c(NC3CCC(=N)N(C(=N)C(C)C)C3)ncnc21. The molecule has 11 heteroatoms. The summed E-state index contributed by atoms with van der Waals surface area (Å²) in [5.41, 5.74) is 1.73. The topological polar surface area (TPSA) is 129 Å².